The summed E-state index contributed by atoms with van der Waals surface area (Å²) >= 11 is 0. The van der Waals surface area contributed by atoms with Gasteiger partial charge in [-0.25, -0.2) is 13.5 Å². The fourth-order valence-corrected chi connectivity index (χ4v) is 2.42. The van der Waals surface area contributed by atoms with Gasteiger partial charge in [0.15, 0.2) is 11.6 Å². The molecule has 2 aromatic rings. The van der Waals surface area contributed by atoms with E-state index in [1.807, 2.05) is 0 Å². The van der Waals surface area contributed by atoms with Crippen LogP contribution in [0.25, 0.3) is 11.0 Å². The quantitative estimate of drug-likeness (QED) is 0.597. The number of aromatic nitrogens is 3. The maximum atomic E-state index is 14.2. The van der Waals surface area contributed by atoms with Crippen molar-refractivity contribution in [2.45, 2.75) is 18.6 Å². The molecular weight excluding hydrogens is 287 g/mol. The molecule has 1 aliphatic heterocycles. The summed E-state index contributed by atoms with van der Waals surface area (Å²) in [6, 6.07) is 0.334. The Morgan fingerprint density at radius 1 is 1.33 bits per heavy atom. The molecule has 0 spiro atoms. The molecule has 3 rings (SSSR count). The molecule has 1 fully saturated rings. The topological polar surface area (TPSA) is 101 Å². The van der Waals surface area contributed by atoms with Gasteiger partial charge in [-0.2, -0.15) is 0 Å². The van der Waals surface area contributed by atoms with Gasteiger partial charge in [-0.05, 0) is 12.5 Å². The van der Waals surface area contributed by atoms with Gasteiger partial charge >= 0.3 is 7.12 Å². The van der Waals surface area contributed by atoms with Crippen LogP contribution < -0.4 is 5.46 Å². The standard InChI is InChI=1S/C11H12BF2N3O4/c13-9-5(12(19)20)3-6-11(10(9)14)17(16-15-6)7-4-21-2-1-8(7)18/h3,7-8,18-20H,1-2,4H2/t7-,8-/m0/s1. The third-order valence-corrected chi connectivity index (χ3v) is 3.55. The number of aliphatic hydroxyl groups excluding tert-OH is 1. The van der Waals surface area contributed by atoms with Crippen LogP contribution in [0, 0.1) is 11.6 Å². The van der Waals surface area contributed by atoms with Crippen LogP contribution in [0.15, 0.2) is 6.07 Å². The number of hydrogen-bond donors (Lipinski definition) is 3. The molecule has 0 saturated carbocycles. The second kappa shape index (κ2) is 5.30. The summed E-state index contributed by atoms with van der Waals surface area (Å²) in [5, 5.41) is 35.4. The lowest BCUT2D eigenvalue weighted by Crippen LogP contribution is -2.36. The van der Waals surface area contributed by atoms with Crippen molar-refractivity contribution in [3.63, 3.8) is 0 Å². The Bertz CT molecular complexity index is 681. The van der Waals surface area contributed by atoms with Gasteiger partial charge in [0.1, 0.15) is 17.1 Å². The highest BCUT2D eigenvalue weighted by atomic mass is 19.2. The van der Waals surface area contributed by atoms with Crippen molar-refractivity contribution in [1.29, 1.82) is 0 Å². The Balaban J connectivity index is 2.16. The second-order valence-electron chi connectivity index (χ2n) is 4.87. The van der Waals surface area contributed by atoms with Crippen molar-refractivity contribution in [1.82, 2.24) is 15.0 Å². The van der Waals surface area contributed by atoms with Crippen molar-refractivity contribution in [3.8, 4) is 0 Å². The zero-order valence-electron chi connectivity index (χ0n) is 10.8. The summed E-state index contributed by atoms with van der Waals surface area (Å²) in [6.45, 7) is 0.479. The highest BCUT2D eigenvalue weighted by Crippen LogP contribution is 2.25. The van der Waals surface area contributed by atoms with Crippen molar-refractivity contribution in [2.75, 3.05) is 13.2 Å². The van der Waals surface area contributed by atoms with E-state index in [1.54, 1.807) is 0 Å². The number of benzene rings is 1. The molecule has 0 radical (unpaired) electrons. The third-order valence-electron chi connectivity index (χ3n) is 3.55. The van der Waals surface area contributed by atoms with E-state index in [4.69, 9.17) is 14.8 Å². The minimum absolute atomic E-state index is 0.0326. The van der Waals surface area contributed by atoms with Gasteiger partial charge < -0.3 is 19.9 Å². The lowest BCUT2D eigenvalue weighted by molar-refractivity contribution is -0.0322. The van der Waals surface area contributed by atoms with Crippen LogP contribution >= 0.6 is 0 Å². The monoisotopic (exact) mass is 299 g/mol. The minimum Gasteiger partial charge on any atom is -0.423 e. The molecule has 1 aliphatic rings. The van der Waals surface area contributed by atoms with E-state index >= 15 is 0 Å². The smallest absolute Gasteiger partial charge is 0.423 e. The molecule has 0 bridgehead atoms. The predicted molar refractivity (Wildman–Crippen MR) is 67.7 cm³/mol. The molecular formula is C11H12BF2N3O4. The SMILES string of the molecule is OB(O)c1cc2nnn([C@H]3COCC[C@@H]3O)c2c(F)c1F. The summed E-state index contributed by atoms with van der Waals surface area (Å²) in [4.78, 5) is 0. The van der Waals surface area contributed by atoms with E-state index in [0.717, 1.165) is 10.7 Å². The minimum atomic E-state index is -2.15. The zero-order valence-corrected chi connectivity index (χ0v) is 10.8. The van der Waals surface area contributed by atoms with Gasteiger partial charge in [0.25, 0.3) is 0 Å². The molecule has 1 aromatic heterocycles. The van der Waals surface area contributed by atoms with Gasteiger partial charge in [0.05, 0.1) is 12.7 Å². The Labute approximate surface area is 117 Å². The van der Waals surface area contributed by atoms with E-state index < -0.39 is 36.4 Å². The number of hydrogen-bond acceptors (Lipinski definition) is 6. The van der Waals surface area contributed by atoms with Crippen LogP contribution in [0.2, 0.25) is 0 Å². The largest absolute Gasteiger partial charge is 0.491 e. The van der Waals surface area contributed by atoms with Gasteiger partial charge in [-0.1, -0.05) is 5.21 Å². The Morgan fingerprint density at radius 2 is 2.10 bits per heavy atom. The summed E-state index contributed by atoms with van der Waals surface area (Å²) in [5.74, 6) is -2.68. The molecule has 21 heavy (non-hydrogen) atoms. The first-order chi connectivity index (χ1) is 10.0. The number of ether oxygens (including phenoxy) is 1. The number of nitrogens with zero attached hydrogens (tertiary/aromatic N) is 3. The van der Waals surface area contributed by atoms with E-state index in [1.165, 1.54) is 0 Å². The van der Waals surface area contributed by atoms with Crippen LogP contribution in [0.4, 0.5) is 8.78 Å². The summed E-state index contributed by atoms with van der Waals surface area (Å²) in [5.41, 5.74) is -0.895. The van der Waals surface area contributed by atoms with Crippen molar-refractivity contribution in [3.05, 3.63) is 17.7 Å². The highest BCUT2D eigenvalue weighted by Gasteiger charge is 2.31. The molecule has 1 aromatic carbocycles. The van der Waals surface area contributed by atoms with Crippen molar-refractivity contribution >= 4 is 23.6 Å². The van der Waals surface area contributed by atoms with E-state index in [0.29, 0.717) is 13.0 Å². The maximum absolute atomic E-state index is 14.2. The molecule has 0 unspecified atom stereocenters. The molecule has 1 saturated heterocycles. The van der Waals surface area contributed by atoms with Crippen LogP contribution in [-0.2, 0) is 4.74 Å². The third kappa shape index (κ3) is 2.29. The second-order valence-corrected chi connectivity index (χ2v) is 4.87. The Kier molecular flexibility index (Phi) is 3.61. The van der Waals surface area contributed by atoms with Crippen LogP contribution in [0.5, 0.6) is 0 Å². The first-order valence-electron chi connectivity index (χ1n) is 6.35. The predicted octanol–water partition coefficient (Wildman–Crippen LogP) is -1.29. The molecule has 2 heterocycles. The van der Waals surface area contributed by atoms with Crippen molar-refractivity contribution in [2.24, 2.45) is 0 Å². The molecule has 112 valence electrons. The van der Waals surface area contributed by atoms with Gasteiger partial charge in [-0.15, -0.1) is 5.10 Å². The molecule has 0 amide bonds. The van der Waals surface area contributed by atoms with Crippen molar-refractivity contribution < 1.29 is 28.7 Å². The average Bonchev–Trinajstić information content (AvgIpc) is 2.87. The number of halogens is 2. The van der Waals surface area contributed by atoms with E-state index in [2.05, 4.69) is 10.3 Å². The number of aliphatic hydroxyl groups is 1. The van der Waals surface area contributed by atoms with Crippen LogP contribution in [0.1, 0.15) is 12.5 Å². The maximum Gasteiger partial charge on any atom is 0.491 e. The van der Waals surface area contributed by atoms with Gasteiger partial charge in [0.2, 0.25) is 0 Å². The first kappa shape index (κ1) is 14.3. The zero-order chi connectivity index (χ0) is 15.1. The fraction of sp³-hybridized carbons (Fsp3) is 0.455. The van der Waals surface area contributed by atoms with Gasteiger partial charge in [0, 0.05) is 12.1 Å². The molecule has 0 aliphatic carbocycles. The molecule has 10 heteroatoms. The summed E-state index contributed by atoms with van der Waals surface area (Å²) in [6.07, 6.45) is -0.460. The first-order valence-corrected chi connectivity index (χ1v) is 6.35. The average molecular weight is 299 g/mol. The Morgan fingerprint density at radius 3 is 2.76 bits per heavy atom. The summed E-state index contributed by atoms with van der Waals surface area (Å²) < 4.78 is 34.3. The van der Waals surface area contributed by atoms with Gasteiger partial charge in [-0.3, -0.25) is 0 Å². The normalized spacial score (nSPS) is 22.7. The summed E-state index contributed by atoms with van der Waals surface area (Å²) in [7, 11) is -2.15. The van der Waals surface area contributed by atoms with E-state index in [-0.39, 0.29) is 17.6 Å². The lowest BCUT2D eigenvalue weighted by atomic mass is 9.79. The molecule has 7 nitrogen and oxygen atoms in total. The molecule has 3 N–H and O–H groups in total. The van der Waals surface area contributed by atoms with Crippen LogP contribution in [-0.4, -0.2) is 56.6 Å². The van der Waals surface area contributed by atoms with E-state index in [9.17, 15) is 13.9 Å². The number of fused-ring (bicyclic) bond motifs is 1. The lowest BCUT2D eigenvalue weighted by Gasteiger charge is -2.27. The highest BCUT2D eigenvalue weighted by molar-refractivity contribution is 6.59. The Hall–Kier alpha value is -1.62. The fourth-order valence-electron chi connectivity index (χ4n) is 2.42. The molecule has 2 atom stereocenters. The van der Waals surface area contributed by atoms with Crippen LogP contribution in [0.3, 0.4) is 0 Å². The number of rotatable bonds is 2.